The third-order valence-electron chi connectivity index (χ3n) is 4.50. The van der Waals surface area contributed by atoms with E-state index >= 15 is 0 Å². The predicted molar refractivity (Wildman–Crippen MR) is 103 cm³/mol. The second-order valence-electron chi connectivity index (χ2n) is 6.70. The van der Waals surface area contributed by atoms with Gasteiger partial charge in [-0.1, -0.05) is 24.3 Å². The summed E-state index contributed by atoms with van der Waals surface area (Å²) in [6.45, 7) is -1.22. The van der Waals surface area contributed by atoms with E-state index in [1.54, 1.807) is 42.1 Å². The molecule has 0 unspecified atom stereocenters. The number of aryl methyl sites for hydroxylation is 1. The van der Waals surface area contributed by atoms with Crippen molar-refractivity contribution in [1.29, 1.82) is 0 Å². The number of nitrogens with zero attached hydrogens (tertiary/aromatic N) is 2. The largest absolute Gasteiger partial charge is 0.486 e. The molecular formula is C20H20F5N3O2. The van der Waals surface area contributed by atoms with Gasteiger partial charge in [-0.05, 0) is 30.2 Å². The maximum absolute atomic E-state index is 13.3. The molecule has 3 rings (SSSR count). The lowest BCUT2D eigenvalue weighted by Gasteiger charge is -2.20. The maximum Gasteiger partial charge on any atom is 0.456 e. The fraction of sp³-hybridized carbons (Fsp3) is 0.350. The number of hydrogen-bond acceptors (Lipinski definition) is 4. The normalized spacial score (nSPS) is 12.4. The van der Waals surface area contributed by atoms with Crippen LogP contribution in [0.1, 0.15) is 6.42 Å². The predicted octanol–water partition coefficient (Wildman–Crippen LogP) is 4.61. The molecule has 10 heteroatoms. The van der Waals surface area contributed by atoms with Crippen LogP contribution in [0.5, 0.6) is 5.75 Å². The van der Waals surface area contributed by atoms with Crippen LogP contribution in [-0.2, 0) is 7.05 Å². The Hall–Kier alpha value is -2.88. The highest BCUT2D eigenvalue weighted by Crippen LogP contribution is 2.38. The van der Waals surface area contributed by atoms with Crippen LogP contribution in [0.2, 0.25) is 0 Å². The molecule has 0 atom stereocenters. The summed E-state index contributed by atoms with van der Waals surface area (Å²) in [6, 6.07) is 11.3. The van der Waals surface area contributed by atoms with Crippen LogP contribution in [0.3, 0.4) is 0 Å². The topological polar surface area (TPSA) is 59.3 Å². The van der Waals surface area contributed by atoms with E-state index in [4.69, 9.17) is 9.84 Å². The summed E-state index contributed by atoms with van der Waals surface area (Å²) in [5, 5.41) is 17.2. The number of fused-ring (bicyclic) bond motifs is 1. The minimum atomic E-state index is -5.69. The van der Waals surface area contributed by atoms with Crippen molar-refractivity contribution in [3.05, 3.63) is 42.5 Å². The monoisotopic (exact) mass is 429 g/mol. The molecule has 0 aliphatic heterocycles. The Balaban J connectivity index is 1.90. The fourth-order valence-corrected chi connectivity index (χ4v) is 2.92. The number of para-hydroxylation sites is 1. The highest BCUT2D eigenvalue weighted by atomic mass is 19.4. The second kappa shape index (κ2) is 8.47. The van der Waals surface area contributed by atoms with E-state index in [0.29, 0.717) is 29.9 Å². The Morgan fingerprint density at radius 3 is 2.53 bits per heavy atom. The summed E-state index contributed by atoms with van der Waals surface area (Å²) >= 11 is 0. The summed E-state index contributed by atoms with van der Waals surface area (Å²) in [5.41, 5.74) is 1.70. The first-order valence-corrected chi connectivity index (χ1v) is 9.12. The number of anilines is 1. The van der Waals surface area contributed by atoms with Gasteiger partial charge in [0.05, 0.1) is 5.52 Å². The van der Waals surface area contributed by atoms with Crippen LogP contribution in [-0.4, -0.2) is 46.7 Å². The van der Waals surface area contributed by atoms with Gasteiger partial charge in [0, 0.05) is 31.1 Å². The Kier molecular flexibility index (Phi) is 6.16. The molecular weight excluding hydrogens is 409 g/mol. The van der Waals surface area contributed by atoms with Crippen molar-refractivity contribution in [3.8, 4) is 16.9 Å². The molecule has 0 saturated heterocycles. The first-order chi connectivity index (χ1) is 14.1. The van der Waals surface area contributed by atoms with E-state index in [9.17, 15) is 22.0 Å². The van der Waals surface area contributed by atoms with Crippen molar-refractivity contribution < 1.29 is 31.8 Å². The van der Waals surface area contributed by atoms with Gasteiger partial charge in [0.15, 0.2) is 12.4 Å². The van der Waals surface area contributed by atoms with Crippen LogP contribution in [0.25, 0.3) is 22.0 Å². The molecule has 0 saturated carbocycles. The van der Waals surface area contributed by atoms with E-state index < -0.39 is 18.7 Å². The van der Waals surface area contributed by atoms with Crippen molar-refractivity contribution >= 4 is 16.7 Å². The van der Waals surface area contributed by atoms with E-state index in [-0.39, 0.29) is 12.4 Å². The van der Waals surface area contributed by atoms with Gasteiger partial charge in [-0.25, -0.2) is 0 Å². The molecule has 0 aliphatic carbocycles. The molecule has 0 bridgehead atoms. The number of alkyl halides is 5. The van der Waals surface area contributed by atoms with Crippen LogP contribution >= 0.6 is 0 Å². The average molecular weight is 429 g/mol. The minimum absolute atomic E-state index is 0.0477. The van der Waals surface area contributed by atoms with E-state index in [0.717, 1.165) is 10.9 Å². The van der Waals surface area contributed by atoms with Crippen molar-refractivity contribution in [2.75, 3.05) is 25.1 Å². The lowest BCUT2D eigenvalue weighted by Crippen LogP contribution is -2.41. The SMILES string of the molecule is Cn1nc(NCCCO)c2ccc(-c3ccccc3OCC(F)(F)C(F)(F)F)cc21. The molecule has 2 aromatic carbocycles. The van der Waals surface area contributed by atoms with Gasteiger partial charge in [-0.3, -0.25) is 4.68 Å². The molecule has 0 amide bonds. The van der Waals surface area contributed by atoms with Gasteiger partial charge >= 0.3 is 12.1 Å². The number of halogens is 5. The molecule has 5 nitrogen and oxygen atoms in total. The lowest BCUT2D eigenvalue weighted by molar-refractivity contribution is -0.289. The highest BCUT2D eigenvalue weighted by Gasteiger charge is 2.58. The zero-order chi connectivity index (χ0) is 21.9. The molecule has 162 valence electrons. The zero-order valence-corrected chi connectivity index (χ0v) is 16.0. The second-order valence-corrected chi connectivity index (χ2v) is 6.70. The Bertz CT molecular complexity index is 1020. The molecule has 3 aromatic rings. The van der Waals surface area contributed by atoms with Crippen LogP contribution in [0, 0.1) is 0 Å². The number of hydrogen-bond donors (Lipinski definition) is 2. The molecule has 0 aliphatic rings. The van der Waals surface area contributed by atoms with Crippen LogP contribution in [0.15, 0.2) is 42.5 Å². The first kappa shape index (κ1) is 21.8. The Labute approximate surface area is 169 Å². The Morgan fingerprint density at radius 1 is 1.10 bits per heavy atom. The average Bonchev–Trinajstić information content (AvgIpc) is 3.01. The maximum atomic E-state index is 13.3. The van der Waals surface area contributed by atoms with Crippen LogP contribution < -0.4 is 10.1 Å². The van der Waals surface area contributed by atoms with Crippen molar-refractivity contribution in [2.24, 2.45) is 7.05 Å². The highest BCUT2D eigenvalue weighted by molar-refractivity contribution is 5.93. The van der Waals surface area contributed by atoms with E-state index in [1.165, 1.54) is 12.1 Å². The fourth-order valence-electron chi connectivity index (χ4n) is 2.92. The minimum Gasteiger partial charge on any atom is -0.486 e. The van der Waals surface area contributed by atoms with Crippen molar-refractivity contribution in [2.45, 2.75) is 18.5 Å². The molecule has 0 fully saturated rings. The first-order valence-electron chi connectivity index (χ1n) is 9.12. The smallest absolute Gasteiger partial charge is 0.456 e. The van der Waals surface area contributed by atoms with Gasteiger partial charge in [0.1, 0.15) is 5.75 Å². The summed E-state index contributed by atoms with van der Waals surface area (Å²) in [5.74, 6) is -4.41. The summed E-state index contributed by atoms with van der Waals surface area (Å²) in [7, 11) is 1.73. The third-order valence-corrected chi connectivity index (χ3v) is 4.50. The van der Waals surface area contributed by atoms with Gasteiger partial charge in [-0.2, -0.15) is 27.1 Å². The van der Waals surface area contributed by atoms with Crippen molar-refractivity contribution in [1.82, 2.24) is 9.78 Å². The summed E-state index contributed by atoms with van der Waals surface area (Å²) < 4.78 is 70.3. The zero-order valence-electron chi connectivity index (χ0n) is 16.0. The molecule has 2 N–H and O–H groups in total. The van der Waals surface area contributed by atoms with Gasteiger partial charge in [0.25, 0.3) is 0 Å². The number of benzene rings is 2. The quantitative estimate of drug-likeness (QED) is 0.406. The van der Waals surface area contributed by atoms with E-state index in [1.807, 2.05) is 0 Å². The van der Waals surface area contributed by atoms with Gasteiger partial charge < -0.3 is 15.2 Å². The molecule has 1 aromatic heterocycles. The number of aromatic nitrogens is 2. The number of nitrogens with one attached hydrogen (secondary N) is 1. The number of aliphatic hydroxyl groups is 1. The van der Waals surface area contributed by atoms with E-state index in [2.05, 4.69) is 10.4 Å². The summed E-state index contributed by atoms with van der Waals surface area (Å²) in [4.78, 5) is 0. The Morgan fingerprint density at radius 2 is 1.83 bits per heavy atom. The third kappa shape index (κ3) is 4.48. The number of ether oxygens (including phenoxy) is 1. The number of aliphatic hydroxyl groups excluding tert-OH is 1. The molecule has 1 heterocycles. The van der Waals surface area contributed by atoms with Crippen LogP contribution in [0.4, 0.5) is 27.8 Å². The molecule has 0 spiro atoms. The number of rotatable bonds is 8. The van der Waals surface area contributed by atoms with Crippen molar-refractivity contribution in [3.63, 3.8) is 0 Å². The molecule has 30 heavy (non-hydrogen) atoms. The lowest BCUT2D eigenvalue weighted by atomic mass is 10.0. The van der Waals surface area contributed by atoms with Gasteiger partial charge in [-0.15, -0.1) is 0 Å². The van der Waals surface area contributed by atoms with Gasteiger partial charge in [0.2, 0.25) is 0 Å². The summed E-state index contributed by atoms with van der Waals surface area (Å²) in [6.07, 6.45) is -5.13. The molecule has 0 radical (unpaired) electrons. The standard InChI is InChI=1S/C20H20F5N3O2/c1-28-16-11-13(7-8-15(16)18(27-28)26-9-4-10-29)14-5-2-3-6-17(14)30-12-19(21,22)20(23,24)25/h2-3,5-8,11,29H,4,9-10,12H2,1H3,(H,26,27).